The maximum Gasteiger partial charge on any atom is 0.490 e. The summed E-state index contributed by atoms with van der Waals surface area (Å²) in [7, 11) is 0. The Hall–Kier alpha value is -3.56. The molecule has 0 unspecified atom stereocenters. The number of aliphatic carboxylic acids is 1. The van der Waals surface area contributed by atoms with E-state index < -0.39 is 18.1 Å². The van der Waals surface area contributed by atoms with Gasteiger partial charge in [-0.15, -0.1) is 0 Å². The van der Waals surface area contributed by atoms with Crippen molar-refractivity contribution < 1.29 is 37.8 Å². The molecular weight excluding hydrogens is 441 g/mol. The van der Waals surface area contributed by atoms with Crippen LogP contribution in [0, 0.1) is 12.8 Å². The lowest BCUT2D eigenvalue weighted by atomic mass is 9.98. The molecule has 1 aliphatic rings. The molecule has 10 heteroatoms. The van der Waals surface area contributed by atoms with Crippen LogP contribution in [0.1, 0.15) is 46.0 Å². The third-order valence-corrected chi connectivity index (χ3v) is 5.14. The fourth-order valence-electron chi connectivity index (χ4n) is 3.28. The number of piperidine rings is 1. The quantitative estimate of drug-likeness (QED) is 0.597. The maximum absolute atomic E-state index is 12.7. The molecule has 3 rings (SSSR count). The van der Waals surface area contributed by atoms with Crippen molar-refractivity contribution in [1.82, 2.24) is 0 Å². The lowest BCUT2D eigenvalue weighted by Gasteiger charge is -2.33. The van der Waals surface area contributed by atoms with Crippen molar-refractivity contribution in [3.63, 3.8) is 0 Å². The number of aromatic carboxylic acids is 1. The number of carbonyl (C=O) groups is 3. The minimum absolute atomic E-state index is 0.165. The standard InChI is InChI=1S/C21H24N2O3.C2HF3O2/c1-14-8-10-23(11-9-14)19-7-6-17(21(25)26)13-18(19)22-20(24)16-5-3-4-15(2)12-16;3-2(4,5)1(6)7/h3-7,12-14H,8-11H2,1-2H3,(H,22,24)(H,25,26);(H,6,7). The van der Waals surface area contributed by atoms with E-state index in [1.165, 1.54) is 0 Å². The zero-order chi connectivity index (χ0) is 24.8. The highest BCUT2D eigenvalue weighted by Crippen LogP contribution is 2.31. The van der Waals surface area contributed by atoms with Gasteiger partial charge in [-0.05, 0) is 56.0 Å². The summed E-state index contributed by atoms with van der Waals surface area (Å²) in [5.74, 6) is -3.31. The van der Waals surface area contributed by atoms with Gasteiger partial charge in [0.25, 0.3) is 5.91 Å². The minimum atomic E-state index is -5.08. The predicted molar refractivity (Wildman–Crippen MR) is 117 cm³/mol. The van der Waals surface area contributed by atoms with Crippen molar-refractivity contribution in [2.45, 2.75) is 32.9 Å². The van der Waals surface area contributed by atoms with Gasteiger partial charge in [-0.1, -0.05) is 24.6 Å². The van der Waals surface area contributed by atoms with E-state index in [1.54, 1.807) is 24.3 Å². The molecule has 0 bridgehead atoms. The molecule has 1 heterocycles. The number of carboxylic acids is 2. The molecule has 1 aliphatic heterocycles. The van der Waals surface area contributed by atoms with Crippen LogP contribution < -0.4 is 10.2 Å². The van der Waals surface area contributed by atoms with E-state index in [2.05, 4.69) is 17.1 Å². The molecule has 1 fully saturated rings. The van der Waals surface area contributed by atoms with Crippen molar-refractivity contribution in [2.24, 2.45) is 5.92 Å². The molecule has 0 atom stereocenters. The molecule has 0 aliphatic carbocycles. The van der Waals surface area contributed by atoms with Crippen LogP contribution in [0.15, 0.2) is 42.5 Å². The largest absolute Gasteiger partial charge is 0.490 e. The summed E-state index contributed by atoms with van der Waals surface area (Å²) in [6.45, 7) is 5.98. The summed E-state index contributed by atoms with van der Waals surface area (Å²) in [6.07, 6.45) is -2.90. The number of amides is 1. The molecule has 3 N–H and O–H groups in total. The van der Waals surface area contributed by atoms with Gasteiger partial charge in [0.2, 0.25) is 0 Å². The number of carbonyl (C=O) groups excluding carboxylic acids is 1. The van der Waals surface area contributed by atoms with E-state index >= 15 is 0 Å². The summed E-state index contributed by atoms with van der Waals surface area (Å²) >= 11 is 0. The van der Waals surface area contributed by atoms with Gasteiger partial charge in [-0.2, -0.15) is 13.2 Å². The number of rotatable bonds is 4. The summed E-state index contributed by atoms with van der Waals surface area (Å²) in [5, 5.41) is 19.3. The summed E-state index contributed by atoms with van der Waals surface area (Å²) in [5.41, 5.74) is 3.15. The summed E-state index contributed by atoms with van der Waals surface area (Å²) in [6, 6.07) is 12.3. The average Bonchev–Trinajstić information content (AvgIpc) is 2.74. The number of alkyl halides is 3. The van der Waals surface area contributed by atoms with Crippen molar-refractivity contribution in [3.8, 4) is 0 Å². The fraction of sp³-hybridized carbons (Fsp3) is 0.348. The number of anilines is 2. The maximum atomic E-state index is 12.7. The highest BCUT2D eigenvalue weighted by molar-refractivity contribution is 6.06. The normalized spacial score (nSPS) is 14.2. The van der Waals surface area contributed by atoms with Crippen LogP contribution >= 0.6 is 0 Å². The molecule has 178 valence electrons. The van der Waals surface area contributed by atoms with Crippen LogP contribution in [-0.4, -0.2) is 47.3 Å². The number of hydrogen-bond acceptors (Lipinski definition) is 4. The van der Waals surface area contributed by atoms with E-state index in [1.807, 2.05) is 25.1 Å². The number of hydrogen-bond donors (Lipinski definition) is 3. The van der Waals surface area contributed by atoms with Crippen LogP contribution in [0.2, 0.25) is 0 Å². The monoisotopic (exact) mass is 466 g/mol. The Labute approximate surface area is 188 Å². The Balaban J connectivity index is 0.000000479. The summed E-state index contributed by atoms with van der Waals surface area (Å²) in [4.78, 5) is 35.1. The van der Waals surface area contributed by atoms with Crippen LogP contribution in [0.3, 0.4) is 0 Å². The van der Waals surface area contributed by atoms with Gasteiger partial charge in [0, 0.05) is 18.7 Å². The Kier molecular flexibility index (Phi) is 8.44. The van der Waals surface area contributed by atoms with Crippen LogP contribution in [0.5, 0.6) is 0 Å². The lowest BCUT2D eigenvalue weighted by molar-refractivity contribution is -0.192. The first-order valence-electron chi connectivity index (χ1n) is 10.2. The average molecular weight is 466 g/mol. The molecular formula is C23H25F3N2O5. The summed E-state index contributed by atoms with van der Waals surface area (Å²) < 4.78 is 31.7. The van der Waals surface area contributed by atoms with E-state index in [9.17, 15) is 27.9 Å². The Morgan fingerprint density at radius 3 is 2.12 bits per heavy atom. The topological polar surface area (TPSA) is 107 Å². The second kappa shape index (κ2) is 10.8. The second-order valence-corrected chi connectivity index (χ2v) is 7.83. The van der Waals surface area contributed by atoms with Gasteiger partial charge in [-0.3, -0.25) is 4.79 Å². The van der Waals surface area contributed by atoms with Crippen LogP contribution in [-0.2, 0) is 4.79 Å². The van der Waals surface area contributed by atoms with Gasteiger partial charge < -0.3 is 20.4 Å². The van der Waals surface area contributed by atoms with Gasteiger partial charge in [-0.25, -0.2) is 9.59 Å². The van der Waals surface area contributed by atoms with Crippen molar-refractivity contribution >= 4 is 29.2 Å². The smallest absolute Gasteiger partial charge is 0.478 e. The van der Waals surface area contributed by atoms with Crippen LogP contribution in [0.25, 0.3) is 0 Å². The fourth-order valence-corrected chi connectivity index (χ4v) is 3.28. The number of benzene rings is 2. The molecule has 0 radical (unpaired) electrons. The van der Waals surface area contributed by atoms with Crippen molar-refractivity contribution in [2.75, 3.05) is 23.3 Å². The Bertz CT molecular complexity index is 1020. The lowest BCUT2D eigenvalue weighted by Crippen LogP contribution is -2.33. The van der Waals surface area contributed by atoms with Gasteiger partial charge in [0.1, 0.15) is 0 Å². The van der Waals surface area contributed by atoms with Gasteiger partial charge in [0.05, 0.1) is 16.9 Å². The van der Waals surface area contributed by atoms with E-state index in [4.69, 9.17) is 9.90 Å². The number of nitrogens with zero attached hydrogens (tertiary/aromatic N) is 1. The van der Waals surface area contributed by atoms with Gasteiger partial charge in [0.15, 0.2) is 0 Å². The molecule has 2 aromatic rings. The first-order valence-corrected chi connectivity index (χ1v) is 10.2. The van der Waals surface area contributed by atoms with E-state index in [-0.39, 0.29) is 11.5 Å². The first kappa shape index (κ1) is 25.7. The van der Waals surface area contributed by atoms with Gasteiger partial charge >= 0.3 is 18.1 Å². The third kappa shape index (κ3) is 7.51. The SMILES string of the molecule is Cc1cccc(C(=O)Nc2cc(C(=O)O)ccc2N2CCC(C)CC2)c1.O=C(O)C(F)(F)F. The number of carboxylic acid groups (broad SMARTS) is 2. The predicted octanol–water partition coefficient (Wildman–Crippen LogP) is 4.82. The molecule has 0 aromatic heterocycles. The molecule has 0 spiro atoms. The Morgan fingerprint density at radius 2 is 1.61 bits per heavy atom. The number of aryl methyl sites for hydroxylation is 1. The van der Waals surface area contributed by atoms with E-state index in [0.717, 1.165) is 37.2 Å². The number of halogens is 3. The van der Waals surface area contributed by atoms with Crippen molar-refractivity contribution in [1.29, 1.82) is 0 Å². The highest BCUT2D eigenvalue weighted by Gasteiger charge is 2.38. The van der Waals surface area contributed by atoms with E-state index in [0.29, 0.717) is 17.2 Å². The second-order valence-electron chi connectivity index (χ2n) is 7.83. The van der Waals surface area contributed by atoms with Crippen LogP contribution in [0.4, 0.5) is 24.5 Å². The zero-order valence-corrected chi connectivity index (χ0v) is 18.1. The molecule has 1 amide bonds. The zero-order valence-electron chi connectivity index (χ0n) is 18.1. The molecule has 1 saturated heterocycles. The minimum Gasteiger partial charge on any atom is -0.478 e. The molecule has 0 saturated carbocycles. The Morgan fingerprint density at radius 1 is 1.00 bits per heavy atom. The third-order valence-electron chi connectivity index (χ3n) is 5.14. The number of nitrogens with one attached hydrogen (secondary N) is 1. The van der Waals surface area contributed by atoms with Crippen molar-refractivity contribution in [3.05, 3.63) is 59.2 Å². The molecule has 7 nitrogen and oxygen atoms in total. The first-order chi connectivity index (χ1) is 15.4. The molecule has 33 heavy (non-hydrogen) atoms. The highest BCUT2D eigenvalue weighted by atomic mass is 19.4. The molecule has 2 aromatic carbocycles.